The third kappa shape index (κ3) is 13.4. The number of nitrogens with zero attached hydrogens (tertiary/aromatic N) is 2. The van der Waals surface area contributed by atoms with E-state index in [0.717, 1.165) is 69.1 Å². The molecule has 7 aromatic rings. The Balaban J connectivity index is 0.000000199. The molecule has 4 aromatic carbocycles. The minimum Gasteiger partial charge on any atom is -0.355 e. The van der Waals surface area contributed by atoms with Gasteiger partial charge in [-0.2, -0.15) is 0 Å². The molecule has 0 amide bonds. The van der Waals surface area contributed by atoms with Crippen LogP contribution in [-0.2, 0) is 16.8 Å². The minimum atomic E-state index is -2.17. The summed E-state index contributed by atoms with van der Waals surface area (Å²) in [5, 5.41) is 0. The maximum absolute atomic E-state index is 12.0. The molecule has 2 aliphatic heterocycles. The number of benzene rings is 4. The molecule has 25 heteroatoms. The Morgan fingerprint density at radius 1 is 0.261 bits per heavy atom. The van der Waals surface area contributed by atoms with Gasteiger partial charge in [0.2, 0.25) is 0 Å². The van der Waals surface area contributed by atoms with Crippen molar-refractivity contribution in [2.24, 2.45) is 0 Å². The largest absolute Gasteiger partial charge is 0.355 e. The molecular formula is C44H14CoF20N4-4. The molecule has 0 atom stereocenters. The molecule has 9 rings (SSSR count). The van der Waals surface area contributed by atoms with E-state index in [-0.39, 0.29) is 16.8 Å². The zero-order valence-electron chi connectivity index (χ0n) is 32.7. The summed E-state index contributed by atoms with van der Waals surface area (Å²) in [6, 6.07) is 20.5. The van der Waals surface area contributed by atoms with Gasteiger partial charge in [0.25, 0.3) is 0 Å². The maximum atomic E-state index is 12.0. The molecule has 2 aliphatic rings. The fourth-order valence-corrected chi connectivity index (χ4v) is 4.92. The molecule has 0 saturated heterocycles. The van der Waals surface area contributed by atoms with Gasteiger partial charge in [-0.3, -0.25) is 35.1 Å². The van der Waals surface area contributed by atoms with Crippen LogP contribution in [0, 0.1) is 141 Å². The van der Waals surface area contributed by atoms with Crippen LogP contribution in [0.5, 0.6) is 0 Å². The summed E-state index contributed by atoms with van der Waals surface area (Å²) in [7, 11) is 0. The smallest absolute Gasteiger partial charge is 0.0893 e. The van der Waals surface area contributed by atoms with Gasteiger partial charge in [0, 0.05) is 38.8 Å². The van der Waals surface area contributed by atoms with Gasteiger partial charge in [-0.15, -0.1) is 24.3 Å². The average molecular weight is 1040 g/mol. The van der Waals surface area contributed by atoms with Crippen LogP contribution in [0.2, 0.25) is 0 Å². The van der Waals surface area contributed by atoms with Crippen LogP contribution in [0.15, 0.2) is 48.5 Å². The second kappa shape index (κ2) is 23.1. The first kappa shape index (κ1) is 54.2. The zero-order valence-corrected chi connectivity index (χ0v) is 33.8. The predicted molar refractivity (Wildman–Crippen MR) is 199 cm³/mol. The molecule has 0 spiro atoms. The monoisotopic (exact) mass is 1040 g/mol. The van der Waals surface area contributed by atoms with Crippen LogP contribution in [0.25, 0.3) is 46.4 Å². The molecule has 0 saturated carbocycles. The van der Waals surface area contributed by atoms with Gasteiger partial charge in [-0.1, -0.05) is 0 Å². The number of hydrogen-bond acceptors (Lipinski definition) is 2. The van der Waals surface area contributed by atoms with Crippen LogP contribution in [-0.4, -0.2) is 19.9 Å². The Hall–Kier alpha value is -7.41. The predicted octanol–water partition coefficient (Wildman–Crippen LogP) is 13.4. The number of H-pyrrole nitrogens is 2. The minimum absolute atomic E-state index is 0. The zero-order chi connectivity index (χ0) is 50.3. The van der Waals surface area contributed by atoms with Crippen molar-refractivity contribution >= 4 is 46.4 Å². The van der Waals surface area contributed by atoms with Crippen LogP contribution in [0.4, 0.5) is 87.8 Å². The Labute approximate surface area is 382 Å². The van der Waals surface area contributed by atoms with Crippen molar-refractivity contribution < 1.29 is 105 Å². The van der Waals surface area contributed by atoms with Crippen molar-refractivity contribution in [3.63, 3.8) is 0 Å². The number of hydrogen-bond donors (Lipinski definition) is 2. The molecule has 1 radical (unpaired) electrons. The van der Waals surface area contributed by atoms with Gasteiger partial charge in [0.05, 0.1) is 139 Å². The van der Waals surface area contributed by atoms with Crippen molar-refractivity contribution in [1.29, 1.82) is 0 Å². The Morgan fingerprint density at radius 2 is 0.449 bits per heavy atom. The molecule has 0 aliphatic carbocycles. The molecule has 3 aromatic heterocycles. The van der Waals surface area contributed by atoms with Gasteiger partial charge in [-0.25, -0.2) is 62.7 Å². The van der Waals surface area contributed by atoms with Gasteiger partial charge >= 0.3 is 0 Å². The number of aromatic nitrogens is 4. The SMILES string of the molecule is C1=Cc2cc3ccc(cc4ccc(cc5nc(cc1n2)C=C5)[nH]4)[nH]3.Fc1[c-]c(F)c(F)c(F)c1F.Fc1[c-]c(F)c(F)c(F)c1F.Fc1[c-]c(F)c(F)c(F)c1F.Fc1[c-]c(F)c(F)c(F)c1F.[Co]. The fourth-order valence-electron chi connectivity index (χ4n) is 4.92. The first-order valence-corrected chi connectivity index (χ1v) is 17.6. The summed E-state index contributed by atoms with van der Waals surface area (Å²) < 4.78 is 239. The maximum Gasteiger partial charge on any atom is 0.0893 e. The summed E-state index contributed by atoms with van der Waals surface area (Å²) in [5.74, 6) is -40.2. The van der Waals surface area contributed by atoms with E-state index in [1.807, 2.05) is 42.5 Å². The summed E-state index contributed by atoms with van der Waals surface area (Å²) in [6.45, 7) is 0. The second-order valence-electron chi connectivity index (χ2n) is 12.7. The fraction of sp³-hybridized carbons (Fsp3) is 0. The van der Waals surface area contributed by atoms with E-state index in [1.165, 1.54) is 0 Å². The van der Waals surface area contributed by atoms with Crippen molar-refractivity contribution in [3.05, 3.63) is 212 Å². The first-order chi connectivity index (χ1) is 31.9. The molecule has 2 N–H and O–H groups in total. The molecule has 8 bridgehead atoms. The molecule has 5 heterocycles. The molecule has 0 fully saturated rings. The van der Waals surface area contributed by atoms with Crippen molar-refractivity contribution in [2.75, 3.05) is 0 Å². The topological polar surface area (TPSA) is 57.4 Å². The van der Waals surface area contributed by atoms with Gasteiger partial charge in [-0.05, 0) is 72.8 Å². The van der Waals surface area contributed by atoms with E-state index < -0.39 is 116 Å². The Bertz CT molecular complexity index is 2840. The Kier molecular flexibility index (Phi) is 18.1. The van der Waals surface area contributed by atoms with E-state index in [2.05, 4.69) is 50.3 Å². The normalized spacial score (nSPS) is 11.0. The molecule has 4 nitrogen and oxygen atoms in total. The quantitative estimate of drug-likeness (QED) is 0.0688. The Morgan fingerprint density at radius 3 is 0.667 bits per heavy atom. The summed E-state index contributed by atoms with van der Waals surface area (Å²) in [5.41, 5.74) is 7.86. The average Bonchev–Trinajstić information content (AvgIpc) is 4.14. The summed E-state index contributed by atoms with van der Waals surface area (Å²) in [4.78, 5) is 16.0. The van der Waals surface area contributed by atoms with E-state index in [9.17, 15) is 87.8 Å². The third-order valence-electron chi connectivity index (χ3n) is 8.00. The van der Waals surface area contributed by atoms with Gasteiger partial charge < -0.3 is 9.97 Å². The van der Waals surface area contributed by atoms with E-state index >= 15 is 0 Å². The first-order valence-electron chi connectivity index (χ1n) is 17.6. The number of fused-ring (bicyclic) bond motifs is 8. The van der Waals surface area contributed by atoms with Crippen LogP contribution < -0.4 is 0 Å². The summed E-state index contributed by atoms with van der Waals surface area (Å²) >= 11 is 0. The number of rotatable bonds is 0. The summed E-state index contributed by atoms with van der Waals surface area (Å²) in [6.07, 6.45) is 8.05. The van der Waals surface area contributed by atoms with Gasteiger partial charge in [0.1, 0.15) is 0 Å². The van der Waals surface area contributed by atoms with E-state index in [1.54, 1.807) is 0 Å². The van der Waals surface area contributed by atoms with Crippen LogP contribution in [0.1, 0.15) is 22.8 Å². The van der Waals surface area contributed by atoms with E-state index in [0.29, 0.717) is 0 Å². The van der Waals surface area contributed by atoms with Crippen LogP contribution >= 0.6 is 0 Å². The number of aromatic amines is 2. The molecular weight excluding hydrogens is 1020 g/mol. The van der Waals surface area contributed by atoms with Gasteiger partial charge in [0.15, 0.2) is 0 Å². The molecule has 0 unspecified atom stereocenters. The standard InChI is InChI=1S/C20H14N4.4C6F5.Co/c1-2-14-10-16-5-6-18(23-16)12-20-8-7-19(24-20)11-17-4-3-15(22-17)9-13(1)21-14;4*7-2-1-3(8)5(10)6(11)4(2)9;/h1-12,21-22H;;;;;/q;4*-1;. The number of halogens is 20. The van der Waals surface area contributed by atoms with Crippen molar-refractivity contribution in [1.82, 2.24) is 19.9 Å². The second-order valence-corrected chi connectivity index (χ2v) is 12.7. The van der Waals surface area contributed by atoms with Crippen molar-refractivity contribution in [3.8, 4) is 0 Å². The molecule has 69 heavy (non-hydrogen) atoms. The molecule has 363 valence electrons. The third-order valence-corrected chi connectivity index (χ3v) is 8.00. The number of nitrogens with one attached hydrogen (secondary N) is 2. The van der Waals surface area contributed by atoms with E-state index in [4.69, 9.17) is 0 Å². The van der Waals surface area contributed by atoms with Crippen molar-refractivity contribution in [2.45, 2.75) is 0 Å². The van der Waals surface area contributed by atoms with Crippen LogP contribution in [0.3, 0.4) is 0 Å².